The number of amides is 1. The third-order valence-corrected chi connectivity index (χ3v) is 3.83. The summed E-state index contributed by atoms with van der Waals surface area (Å²) in [4.78, 5) is 14.8. The number of hydrogen-bond donors (Lipinski definition) is 2. The van der Waals surface area contributed by atoms with Crippen LogP contribution >= 0.6 is 0 Å². The molecule has 1 amide bonds. The van der Waals surface area contributed by atoms with Gasteiger partial charge in [0.05, 0.1) is 5.56 Å². The molecular formula is C16H25N3O. The van der Waals surface area contributed by atoms with E-state index in [1.54, 1.807) is 0 Å². The van der Waals surface area contributed by atoms with E-state index in [0.29, 0.717) is 0 Å². The molecule has 110 valence electrons. The monoisotopic (exact) mass is 275 g/mol. The average Bonchev–Trinajstić information content (AvgIpc) is 2.48. The number of benzene rings is 1. The molecule has 20 heavy (non-hydrogen) atoms. The summed E-state index contributed by atoms with van der Waals surface area (Å²) in [7, 11) is 0. The Kier molecular flexibility index (Phi) is 5.41. The summed E-state index contributed by atoms with van der Waals surface area (Å²) < 4.78 is 0. The van der Waals surface area contributed by atoms with Crippen LogP contribution < -0.4 is 10.6 Å². The highest BCUT2D eigenvalue weighted by Gasteiger charge is 2.21. The first kappa shape index (κ1) is 14.9. The second kappa shape index (κ2) is 7.29. The molecule has 1 aromatic rings. The van der Waals surface area contributed by atoms with Crippen molar-refractivity contribution in [3.63, 3.8) is 0 Å². The first-order valence-corrected chi connectivity index (χ1v) is 7.60. The van der Waals surface area contributed by atoms with Crippen LogP contribution in [0, 0.1) is 0 Å². The lowest BCUT2D eigenvalue weighted by Crippen LogP contribution is -2.47. The molecule has 4 nitrogen and oxygen atoms in total. The second-order valence-corrected chi connectivity index (χ2v) is 5.28. The Hall–Kier alpha value is -1.55. The van der Waals surface area contributed by atoms with E-state index >= 15 is 0 Å². The van der Waals surface area contributed by atoms with Crippen LogP contribution in [-0.4, -0.2) is 43.0 Å². The summed E-state index contributed by atoms with van der Waals surface area (Å²) >= 11 is 0. The maximum atomic E-state index is 12.4. The highest BCUT2D eigenvalue weighted by molar-refractivity contribution is 5.99. The fraction of sp³-hybridized carbons (Fsp3) is 0.562. The molecule has 0 radical (unpaired) electrons. The van der Waals surface area contributed by atoms with E-state index in [4.69, 9.17) is 0 Å². The summed E-state index contributed by atoms with van der Waals surface area (Å²) in [5.74, 6) is 0.0319. The van der Waals surface area contributed by atoms with Gasteiger partial charge in [-0.05, 0) is 45.0 Å². The number of likely N-dealkylation sites (tertiary alicyclic amines) is 1. The smallest absolute Gasteiger partial charge is 0.253 e. The molecule has 0 saturated carbocycles. The average molecular weight is 275 g/mol. The van der Waals surface area contributed by atoms with Gasteiger partial charge in [-0.3, -0.25) is 4.79 Å². The summed E-state index contributed by atoms with van der Waals surface area (Å²) in [5.41, 5.74) is 1.65. The number of anilines is 1. The number of piperidine rings is 1. The van der Waals surface area contributed by atoms with Crippen molar-refractivity contribution >= 4 is 11.6 Å². The number of carbonyl (C=O) groups excluding carboxylic acids is 1. The Bertz CT molecular complexity index is 447. The Labute approximate surface area is 121 Å². The van der Waals surface area contributed by atoms with Crippen molar-refractivity contribution in [2.45, 2.75) is 32.7 Å². The van der Waals surface area contributed by atoms with Crippen LogP contribution in [0.25, 0.3) is 0 Å². The van der Waals surface area contributed by atoms with Gasteiger partial charge in [-0.2, -0.15) is 0 Å². The highest BCUT2D eigenvalue weighted by Crippen LogP contribution is 2.16. The molecule has 1 aliphatic rings. The van der Waals surface area contributed by atoms with Crippen molar-refractivity contribution in [1.29, 1.82) is 0 Å². The molecule has 4 heteroatoms. The highest BCUT2D eigenvalue weighted by atomic mass is 16.1. The van der Waals surface area contributed by atoms with Crippen molar-refractivity contribution in [3.05, 3.63) is 29.8 Å². The van der Waals surface area contributed by atoms with Crippen molar-refractivity contribution in [2.75, 3.05) is 31.5 Å². The lowest BCUT2D eigenvalue weighted by atomic mass is 10.0. The molecule has 2 N–H and O–H groups in total. The van der Waals surface area contributed by atoms with Gasteiger partial charge in [0, 0.05) is 24.8 Å². The van der Waals surface area contributed by atoms with Crippen LogP contribution in [0.15, 0.2) is 24.3 Å². The first-order valence-electron chi connectivity index (χ1n) is 7.60. The van der Waals surface area contributed by atoms with Gasteiger partial charge in [0.15, 0.2) is 0 Å². The Morgan fingerprint density at radius 2 is 2.15 bits per heavy atom. The number of para-hydroxylation sites is 1. The quantitative estimate of drug-likeness (QED) is 0.867. The zero-order valence-electron chi connectivity index (χ0n) is 12.5. The molecule has 1 aromatic carbocycles. The first-order chi connectivity index (χ1) is 9.74. The fourth-order valence-electron chi connectivity index (χ4n) is 2.75. The Balaban J connectivity index is 2.01. The van der Waals surface area contributed by atoms with Gasteiger partial charge in [0.25, 0.3) is 5.91 Å². The predicted molar refractivity (Wildman–Crippen MR) is 83.2 cm³/mol. The van der Waals surface area contributed by atoms with E-state index in [1.165, 1.54) is 0 Å². The molecule has 1 aliphatic heterocycles. The molecule has 0 aliphatic carbocycles. The standard InChI is InChI=1S/C16H25N3O/c1-3-17-15-10-6-5-9-14(15)16(20)18-13-8-7-11-19(4-2)12-13/h5-6,9-10,13,17H,3-4,7-8,11-12H2,1-2H3,(H,18,20). The second-order valence-electron chi connectivity index (χ2n) is 5.28. The zero-order chi connectivity index (χ0) is 14.4. The molecular weight excluding hydrogens is 250 g/mol. The van der Waals surface area contributed by atoms with Crippen LogP contribution in [0.1, 0.15) is 37.0 Å². The molecule has 0 bridgehead atoms. The number of carbonyl (C=O) groups is 1. The van der Waals surface area contributed by atoms with Gasteiger partial charge < -0.3 is 15.5 Å². The summed E-state index contributed by atoms with van der Waals surface area (Å²) in [6.07, 6.45) is 2.24. The number of likely N-dealkylation sites (N-methyl/N-ethyl adjacent to an activating group) is 1. The van der Waals surface area contributed by atoms with Crippen molar-refractivity contribution < 1.29 is 4.79 Å². The third-order valence-electron chi connectivity index (χ3n) is 3.83. The summed E-state index contributed by atoms with van der Waals surface area (Å²) in [5, 5.41) is 6.42. The lowest BCUT2D eigenvalue weighted by molar-refractivity contribution is 0.0906. The van der Waals surface area contributed by atoms with Gasteiger partial charge in [-0.25, -0.2) is 0 Å². The van der Waals surface area contributed by atoms with Gasteiger partial charge in [0.1, 0.15) is 0 Å². The molecule has 1 saturated heterocycles. The van der Waals surface area contributed by atoms with E-state index < -0.39 is 0 Å². The van der Waals surface area contributed by atoms with Gasteiger partial charge >= 0.3 is 0 Å². The van der Waals surface area contributed by atoms with Crippen LogP contribution in [0.3, 0.4) is 0 Å². The van der Waals surface area contributed by atoms with E-state index in [2.05, 4.69) is 22.5 Å². The van der Waals surface area contributed by atoms with Gasteiger partial charge in [-0.1, -0.05) is 19.1 Å². The largest absolute Gasteiger partial charge is 0.385 e. The van der Waals surface area contributed by atoms with Crippen molar-refractivity contribution in [2.24, 2.45) is 0 Å². The van der Waals surface area contributed by atoms with Gasteiger partial charge in [0.2, 0.25) is 0 Å². The van der Waals surface area contributed by atoms with Crippen molar-refractivity contribution in [1.82, 2.24) is 10.2 Å². The number of hydrogen-bond acceptors (Lipinski definition) is 3. The maximum absolute atomic E-state index is 12.4. The van der Waals surface area contributed by atoms with Crippen LogP contribution in [-0.2, 0) is 0 Å². The minimum Gasteiger partial charge on any atom is -0.385 e. The molecule has 1 unspecified atom stereocenters. The van der Waals surface area contributed by atoms with Crippen LogP contribution in [0.4, 0.5) is 5.69 Å². The van der Waals surface area contributed by atoms with E-state index in [0.717, 1.165) is 50.3 Å². The lowest BCUT2D eigenvalue weighted by Gasteiger charge is -2.32. The minimum atomic E-state index is 0.0319. The van der Waals surface area contributed by atoms with E-state index in [9.17, 15) is 4.79 Å². The van der Waals surface area contributed by atoms with Crippen LogP contribution in [0.2, 0.25) is 0 Å². The zero-order valence-corrected chi connectivity index (χ0v) is 12.5. The number of nitrogens with zero attached hydrogens (tertiary/aromatic N) is 1. The van der Waals surface area contributed by atoms with E-state index in [-0.39, 0.29) is 11.9 Å². The molecule has 2 rings (SSSR count). The van der Waals surface area contributed by atoms with Gasteiger partial charge in [-0.15, -0.1) is 0 Å². The third kappa shape index (κ3) is 3.73. The predicted octanol–water partition coefficient (Wildman–Crippen LogP) is 2.33. The van der Waals surface area contributed by atoms with Crippen LogP contribution in [0.5, 0.6) is 0 Å². The summed E-state index contributed by atoms with van der Waals surface area (Å²) in [6.45, 7) is 8.19. The Morgan fingerprint density at radius 3 is 2.90 bits per heavy atom. The molecule has 1 fully saturated rings. The minimum absolute atomic E-state index is 0.0319. The normalized spacial score (nSPS) is 19.6. The molecule has 0 spiro atoms. The fourth-order valence-corrected chi connectivity index (χ4v) is 2.75. The van der Waals surface area contributed by atoms with E-state index in [1.807, 2.05) is 31.2 Å². The topological polar surface area (TPSA) is 44.4 Å². The Morgan fingerprint density at radius 1 is 1.35 bits per heavy atom. The number of rotatable bonds is 5. The SMILES string of the molecule is CCNc1ccccc1C(=O)NC1CCCN(CC)C1. The maximum Gasteiger partial charge on any atom is 0.253 e. The van der Waals surface area contributed by atoms with Crippen molar-refractivity contribution in [3.8, 4) is 0 Å². The molecule has 1 atom stereocenters. The number of nitrogens with one attached hydrogen (secondary N) is 2. The molecule has 0 aromatic heterocycles. The molecule has 1 heterocycles. The summed E-state index contributed by atoms with van der Waals surface area (Å²) in [6, 6.07) is 7.97.